The monoisotopic (exact) mass is 439 g/mol. The number of hydrogen-bond donors (Lipinski definition) is 2. The molecule has 0 spiro atoms. The van der Waals surface area contributed by atoms with Crippen molar-refractivity contribution in [1.82, 2.24) is 5.32 Å². The highest BCUT2D eigenvalue weighted by atomic mass is 16.5. The van der Waals surface area contributed by atoms with Crippen LogP contribution in [0.3, 0.4) is 0 Å². The van der Waals surface area contributed by atoms with Gasteiger partial charge >= 0.3 is 5.97 Å². The van der Waals surface area contributed by atoms with Crippen molar-refractivity contribution in [3.8, 4) is 17.2 Å². The van der Waals surface area contributed by atoms with Crippen molar-refractivity contribution in [2.45, 2.75) is 26.3 Å². The van der Waals surface area contributed by atoms with E-state index in [0.29, 0.717) is 29.2 Å². The summed E-state index contributed by atoms with van der Waals surface area (Å²) in [5, 5.41) is 11.7. The third kappa shape index (κ3) is 5.66. The maximum absolute atomic E-state index is 12.6. The number of hydrogen-bond acceptors (Lipinski definition) is 6. The number of carboxylic acids is 1. The molecule has 1 aliphatic heterocycles. The Balaban J connectivity index is 1.63. The molecule has 2 aromatic carbocycles. The van der Waals surface area contributed by atoms with Gasteiger partial charge in [-0.05, 0) is 48.2 Å². The molecular formula is C24H25NO7. The molecular weight excluding hydrogens is 414 g/mol. The molecule has 0 aliphatic carbocycles. The lowest BCUT2D eigenvalue weighted by Crippen LogP contribution is -2.43. The highest BCUT2D eigenvalue weighted by Crippen LogP contribution is 2.35. The van der Waals surface area contributed by atoms with Crippen molar-refractivity contribution < 1.29 is 33.7 Å². The van der Waals surface area contributed by atoms with Crippen LogP contribution in [0, 0.1) is 5.92 Å². The first kappa shape index (κ1) is 22.9. The van der Waals surface area contributed by atoms with E-state index in [2.05, 4.69) is 5.32 Å². The van der Waals surface area contributed by atoms with Gasteiger partial charge in [-0.3, -0.25) is 9.59 Å². The molecule has 1 amide bonds. The zero-order valence-corrected chi connectivity index (χ0v) is 18.1. The summed E-state index contributed by atoms with van der Waals surface area (Å²) in [6.07, 6.45) is 1.95. The van der Waals surface area contributed by atoms with Gasteiger partial charge < -0.3 is 24.6 Å². The number of fused-ring (bicyclic) bond motifs is 1. The quantitative estimate of drug-likeness (QED) is 0.577. The normalized spacial score (nSPS) is 14.6. The van der Waals surface area contributed by atoms with Crippen LogP contribution < -0.4 is 19.5 Å². The van der Waals surface area contributed by atoms with E-state index in [1.54, 1.807) is 37.5 Å². The molecule has 1 aliphatic rings. The van der Waals surface area contributed by atoms with Gasteiger partial charge in [-0.2, -0.15) is 0 Å². The Morgan fingerprint density at radius 2 is 1.81 bits per heavy atom. The Morgan fingerprint density at radius 3 is 2.44 bits per heavy atom. The third-order valence-electron chi connectivity index (χ3n) is 4.77. The number of carboxylic acid groups (broad SMARTS) is 1. The van der Waals surface area contributed by atoms with Crippen LogP contribution in [0.1, 0.15) is 36.2 Å². The smallest absolute Gasteiger partial charge is 0.326 e. The number of carbonyl (C=O) groups is 3. The molecule has 32 heavy (non-hydrogen) atoms. The van der Waals surface area contributed by atoms with Gasteiger partial charge in [0.1, 0.15) is 23.3 Å². The lowest BCUT2D eigenvalue weighted by atomic mass is 10.0. The van der Waals surface area contributed by atoms with E-state index in [1.165, 1.54) is 6.07 Å². The van der Waals surface area contributed by atoms with Gasteiger partial charge in [0.05, 0.1) is 12.7 Å². The molecule has 0 unspecified atom stereocenters. The van der Waals surface area contributed by atoms with Gasteiger partial charge in [0.15, 0.2) is 12.4 Å². The molecule has 1 heterocycles. The average molecular weight is 439 g/mol. The van der Waals surface area contributed by atoms with Crippen molar-refractivity contribution in [3.63, 3.8) is 0 Å². The van der Waals surface area contributed by atoms with E-state index < -0.39 is 17.9 Å². The van der Waals surface area contributed by atoms with Crippen LogP contribution in [0.25, 0.3) is 6.08 Å². The largest absolute Gasteiger partial charge is 0.497 e. The van der Waals surface area contributed by atoms with Gasteiger partial charge in [-0.15, -0.1) is 0 Å². The van der Waals surface area contributed by atoms with Crippen molar-refractivity contribution in [2.75, 3.05) is 13.7 Å². The van der Waals surface area contributed by atoms with E-state index in [1.807, 2.05) is 26.0 Å². The number of Topliss-reactive ketones (excluding diaryl/α,β-unsaturated/α-hetero) is 1. The molecule has 0 saturated heterocycles. The number of rotatable bonds is 9. The number of ketones is 1. The van der Waals surface area contributed by atoms with E-state index >= 15 is 0 Å². The van der Waals surface area contributed by atoms with Gasteiger partial charge in [0.25, 0.3) is 5.91 Å². The Labute approximate surface area is 185 Å². The first-order valence-corrected chi connectivity index (χ1v) is 10.1. The predicted octanol–water partition coefficient (Wildman–Crippen LogP) is 3.31. The summed E-state index contributed by atoms with van der Waals surface area (Å²) >= 11 is 0. The molecule has 0 saturated carbocycles. The van der Waals surface area contributed by atoms with Gasteiger partial charge in [-0.1, -0.05) is 26.0 Å². The first-order chi connectivity index (χ1) is 15.3. The predicted molar refractivity (Wildman–Crippen MR) is 117 cm³/mol. The highest BCUT2D eigenvalue weighted by molar-refractivity contribution is 6.14. The molecule has 1 atom stereocenters. The van der Waals surface area contributed by atoms with Crippen LogP contribution in [-0.4, -0.2) is 42.5 Å². The lowest BCUT2D eigenvalue weighted by Gasteiger charge is -2.16. The minimum atomic E-state index is -1.09. The maximum Gasteiger partial charge on any atom is 0.326 e. The molecule has 2 aromatic rings. The summed E-state index contributed by atoms with van der Waals surface area (Å²) in [6.45, 7) is 3.40. The number of allylic oxidation sites excluding steroid dienone is 1. The lowest BCUT2D eigenvalue weighted by molar-refractivity contribution is -0.142. The molecule has 3 rings (SSSR count). The zero-order valence-electron chi connectivity index (χ0n) is 18.1. The summed E-state index contributed by atoms with van der Waals surface area (Å²) < 4.78 is 16.3. The van der Waals surface area contributed by atoms with E-state index in [9.17, 15) is 19.5 Å². The van der Waals surface area contributed by atoms with Crippen LogP contribution in [0.4, 0.5) is 0 Å². The summed E-state index contributed by atoms with van der Waals surface area (Å²) in [5.41, 5.74) is 1.17. The molecule has 0 radical (unpaired) electrons. The van der Waals surface area contributed by atoms with Crippen molar-refractivity contribution in [1.29, 1.82) is 0 Å². The van der Waals surface area contributed by atoms with Crippen LogP contribution in [-0.2, 0) is 9.59 Å². The number of ether oxygens (including phenoxy) is 3. The number of carbonyl (C=O) groups excluding carboxylic acids is 2. The molecule has 8 heteroatoms. The molecule has 0 fully saturated rings. The SMILES string of the molecule is COc1ccc(/C=C2/Oc3cc(OCC(=O)N[C@H](CC(C)C)C(=O)O)ccc3C2=O)cc1. The minimum Gasteiger partial charge on any atom is -0.497 e. The van der Waals surface area contributed by atoms with Crippen LogP contribution >= 0.6 is 0 Å². The molecule has 0 aromatic heterocycles. The van der Waals surface area contributed by atoms with E-state index in [-0.39, 0.29) is 24.1 Å². The molecule has 8 nitrogen and oxygen atoms in total. The molecule has 2 N–H and O–H groups in total. The second-order valence-electron chi connectivity index (χ2n) is 7.75. The standard InChI is InChI=1S/C24H25NO7/c1-14(2)10-19(24(28)29)25-22(26)13-31-17-8-9-18-20(12-17)32-21(23(18)27)11-15-4-6-16(30-3)7-5-15/h4-9,11-12,14,19H,10,13H2,1-3H3,(H,25,26)(H,28,29)/b21-11+/t19-/m1/s1. The van der Waals surface area contributed by atoms with Crippen molar-refractivity contribution in [3.05, 3.63) is 59.4 Å². The number of methoxy groups -OCH3 is 1. The van der Waals surface area contributed by atoms with E-state index in [0.717, 1.165) is 5.56 Å². The number of amides is 1. The zero-order chi connectivity index (χ0) is 23.3. The number of benzene rings is 2. The topological polar surface area (TPSA) is 111 Å². The van der Waals surface area contributed by atoms with Crippen LogP contribution in [0.15, 0.2) is 48.2 Å². The van der Waals surface area contributed by atoms with Crippen LogP contribution in [0.2, 0.25) is 0 Å². The molecule has 168 valence electrons. The average Bonchev–Trinajstić information content (AvgIpc) is 3.06. The van der Waals surface area contributed by atoms with Crippen molar-refractivity contribution in [2.24, 2.45) is 5.92 Å². The third-order valence-corrected chi connectivity index (χ3v) is 4.77. The van der Waals surface area contributed by atoms with Gasteiger partial charge in [0, 0.05) is 6.07 Å². The minimum absolute atomic E-state index is 0.115. The fraction of sp³-hybridized carbons (Fsp3) is 0.292. The molecule has 0 bridgehead atoms. The van der Waals surface area contributed by atoms with Gasteiger partial charge in [0.2, 0.25) is 5.78 Å². The fourth-order valence-electron chi connectivity index (χ4n) is 3.19. The number of nitrogens with one attached hydrogen (secondary N) is 1. The summed E-state index contributed by atoms with van der Waals surface area (Å²) in [4.78, 5) is 36.0. The van der Waals surface area contributed by atoms with E-state index in [4.69, 9.17) is 14.2 Å². The van der Waals surface area contributed by atoms with Crippen molar-refractivity contribution >= 4 is 23.7 Å². The Hall–Kier alpha value is -3.81. The fourth-order valence-corrected chi connectivity index (χ4v) is 3.19. The first-order valence-electron chi connectivity index (χ1n) is 10.1. The Kier molecular flexibility index (Phi) is 7.14. The Bertz CT molecular complexity index is 1040. The number of aliphatic carboxylic acids is 1. The summed E-state index contributed by atoms with van der Waals surface area (Å²) in [7, 11) is 1.58. The van der Waals surface area contributed by atoms with Gasteiger partial charge in [-0.25, -0.2) is 4.79 Å². The summed E-state index contributed by atoms with van der Waals surface area (Å²) in [6, 6.07) is 10.9. The van der Waals surface area contributed by atoms with Crippen LogP contribution in [0.5, 0.6) is 17.2 Å². The highest BCUT2D eigenvalue weighted by Gasteiger charge is 2.28. The Morgan fingerprint density at radius 1 is 1.12 bits per heavy atom. The second kappa shape index (κ2) is 10.00. The maximum atomic E-state index is 12.6. The second-order valence-corrected chi connectivity index (χ2v) is 7.75. The summed E-state index contributed by atoms with van der Waals surface area (Å²) in [5.74, 6) is -0.230.